The predicted molar refractivity (Wildman–Crippen MR) is 87.3 cm³/mol. The largest absolute Gasteiger partial charge is 0.488 e. The van der Waals surface area contributed by atoms with E-state index in [1.165, 1.54) is 7.11 Å². The molecule has 2 rings (SSSR count). The Morgan fingerprint density at radius 1 is 1.23 bits per heavy atom. The standard InChI is InChI=1S/C17H17BrO4/c1-21-17(20)14-9-13(15(19)10-18)7-8-16(14)22-11-12-5-3-2-4-6-12/h2-9,15,19H,10-11H2,1H3/t15-/m0/s1. The molecule has 2 aromatic carbocycles. The lowest BCUT2D eigenvalue weighted by atomic mass is 10.1. The zero-order valence-corrected chi connectivity index (χ0v) is 13.7. The third-order valence-electron chi connectivity index (χ3n) is 3.18. The van der Waals surface area contributed by atoms with Crippen LogP contribution in [-0.4, -0.2) is 23.5 Å². The molecule has 4 nitrogen and oxygen atoms in total. The average molecular weight is 365 g/mol. The van der Waals surface area contributed by atoms with Crippen LogP contribution in [0.5, 0.6) is 5.75 Å². The maximum atomic E-state index is 11.9. The fourth-order valence-electron chi connectivity index (χ4n) is 1.97. The molecule has 22 heavy (non-hydrogen) atoms. The number of methoxy groups -OCH3 is 1. The van der Waals surface area contributed by atoms with Gasteiger partial charge in [-0.25, -0.2) is 4.79 Å². The SMILES string of the molecule is COC(=O)c1cc([C@@H](O)CBr)ccc1OCc1ccccc1. The molecule has 0 bridgehead atoms. The number of carbonyl (C=O) groups excluding carboxylic acids is 1. The van der Waals surface area contributed by atoms with Gasteiger partial charge in [-0.05, 0) is 23.3 Å². The van der Waals surface area contributed by atoms with Gasteiger partial charge in [-0.2, -0.15) is 0 Å². The van der Waals surface area contributed by atoms with E-state index in [4.69, 9.17) is 9.47 Å². The summed E-state index contributed by atoms with van der Waals surface area (Å²) in [5, 5.41) is 10.3. The fourth-order valence-corrected chi connectivity index (χ4v) is 2.35. The molecule has 0 amide bonds. The minimum absolute atomic E-state index is 0.302. The molecule has 0 aliphatic heterocycles. The summed E-state index contributed by atoms with van der Waals surface area (Å²) in [6, 6.07) is 14.7. The van der Waals surface area contributed by atoms with Gasteiger partial charge in [-0.15, -0.1) is 0 Å². The highest BCUT2D eigenvalue weighted by atomic mass is 79.9. The monoisotopic (exact) mass is 364 g/mol. The molecule has 0 saturated heterocycles. The van der Waals surface area contributed by atoms with Crippen molar-refractivity contribution in [1.82, 2.24) is 0 Å². The second kappa shape index (κ2) is 7.96. The van der Waals surface area contributed by atoms with Gasteiger partial charge in [0.2, 0.25) is 0 Å². The van der Waals surface area contributed by atoms with Crippen molar-refractivity contribution >= 4 is 21.9 Å². The number of carbonyl (C=O) groups is 1. The van der Waals surface area contributed by atoms with Gasteiger partial charge in [0, 0.05) is 5.33 Å². The quantitative estimate of drug-likeness (QED) is 0.629. The van der Waals surface area contributed by atoms with Crippen molar-refractivity contribution in [3.8, 4) is 5.75 Å². The summed E-state index contributed by atoms with van der Waals surface area (Å²) < 4.78 is 10.5. The fraction of sp³-hybridized carbons (Fsp3) is 0.235. The van der Waals surface area contributed by atoms with Crippen molar-refractivity contribution in [3.05, 3.63) is 65.2 Å². The van der Waals surface area contributed by atoms with Crippen LogP contribution in [0.15, 0.2) is 48.5 Å². The van der Waals surface area contributed by atoms with Crippen LogP contribution >= 0.6 is 15.9 Å². The van der Waals surface area contributed by atoms with Crippen LogP contribution in [0.25, 0.3) is 0 Å². The molecule has 1 atom stereocenters. The molecule has 2 aromatic rings. The molecular formula is C17H17BrO4. The number of aliphatic hydroxyl groups excluding tert-OH is 1. The van der Waals surface area contributed by atoms with Gasteiger partial charge < -0.3 is 14.6 Å². The minimum Gasteiger partial charge on any atom is -0.488 e. The first-order valence-corrected chi connectivity index (χ1v) is 7.91. The van der Waals surface area contributed by atoms with Crippen molar-refractivity contribution < 1.29 is 19.4 Å². The molecular weight excluding hydrogens is 348 g/mol. The maximum absolute atomic E-state index is 11.9. The van der Waals surface area contributed by atoms with E-state index >= 15 is 0 Å². The van der Waals surface area contributed by atoms with Gasteiger partial charge in [-0.1, -0.05) is 52.3 Å². The summed E-state index contributed by atoms with van der Waals surface area (Å²) in [6.45, 7) is 0.352. The second-order valence-electron chi connectivity index (χ2n) is 4.69. The summed E-state index contributed by atoms with van der Waals surface area (Å²) >= 11 is 3.21. The van der Waals surface area contributed by atoms with E-state index in [0.29, 0.717) is 28.8 Å². The van der Waals surface area contributed by atoms with Crippen molar-refractivity contribution in [3.63, 3.8) is 0 Å². The molecule has 0 fully saturated rings. The zero-order valence-electron chi connectivity index (χ0n) is 12.2. The van der Waals surface area contributed by atoms with Crippen molar-refractivity contribution in [1.29, 1.82) is 0 Å². The van der Waals surface area contributed by atoms with Crippen LogP contribution in [0.3, 0.4) is 0 Å². The number of ether oxygens (including phenoxy) is 2. The van der Waals surface area contributed by atoms with E-state index in [0.717, 1.165) is 5.56 Å². The van der Waals surface area contributed by atoms with Gasteiger partial charge in [0.15, 0.2) is 0 Å². The zero-order chi connectivity index (χ0) is 15.9. The molecule has 5 heteroatoms. The Hall–Kier alpha value is -1.85. The van der Waals surface area contributed by atoms with E-state index in [-0.39, 0.29) is 0 Å². The third kappa shape index (κ3) is 4.08. The van der Waals surface area contributed by atoms with Gasteiger partial charge in [-0.3, -0.25) is 0 Å². The smallest absolute Gasteiger partial charge is 0.341 e. The van der Waals surface area contributed by atoms with E-state index in [2.05, 4.69) is 15.9 Å². The molecule has 0 heterocycles. The van der Waals surface area contributed by atoms with Crippen LogP contribution in [0.2, 0.25) is 0 Å². The first-order chi connectivity index (χ1) is 10.7. The van der Waals surface area contributed by atoms with Crippen LogP contribution in [0, 0.1) is 0 Å². The number of halogens is 1. The molecule has 0 unspecified atom stereocenters. The number of rotatable bonds is 6. The second-order valence-corrected chi connectivity index (χ2v) is 5.34. The summed E-state index contributed by atoms with van der Waals surface area (Å²) in [6.07, 6.45) is -0.688. The predicted octanol–water partition coefficient (Wildman–Crippen LogP) is 3.48. The molecule has 0 aliphatic rings. The van der Waals surface area contributed by atoms with Crippen LogP contribution in [0.4, 0.5) is 0 Å². The summed E-state index contributed by atoms with van der Waals surface area (Å²) in [7, 11) is 1.32. The first kappa shape index (κ1) is 16.5. The van der Waals surface area contributed by atoms with Crippen molar-refractivity contribution in [2.45, 2.75) is 12.7 Å². The Kier molecular flexibility index (Phi) is 5.98. The number of benzene rings is 2. The highest BCUT2D eigenvalue weighted by molar-refractivity contribution is 9.09. The molecule has 0 radical (unpaired) electrons. The van der Waals surface area contributed by atoms with E-state index in [1.807, 2.05) is 30.3 Å². The Balaban J connectivity index is 2.24. The topological polar surface area (TPSA) is 55.8 Å². The Labute approximate surface area is 137 Å². The molecule has 1 N–H and O–H groups in total. The number of aliphatic hydroxyl groups is 1. The highest BCUT2D eigenvalue weighted by Crippen LogP contribution is 2.26. The van der Waals surface area contributed by atoms with E-state index < -0.39 is 12.1 Å². The first-order valence-electron chi connectivity index (χ1n) is 6.78. The summed E-state index contributed by atoms with van der Waals surface area (Å²) in [5.74, 6) is -0.0621. The Morgan fingerprint density at radius 3 is 2.59 bits per heavy atom. The molecule has 116 valence electrons. The van der Waals surface area contributed by atoms with Gasteiger partial charge in [0.1, 0.15) is 17.9 Å². The van der Waals surface area contributed by atoms with Gasteiger partial charge >= 0.3 is 5.97 Å². The lowest BCUT2D eigenvalue weighted by molar-refractivity contribution is 0.0595. The van der Waals surface area contributed by atoms with Crippen LogP contribution < -0.4 is 4.74 Å². The minimum atomic E-state index is -0.688. The van der Waals surface area contributed by atoms with Crippen molar-refractivity contribution in [2.24, 2.45) is 0 Å². The van der Waals surface area contributed by atoms with Gasteiger partial charge in [0.05, 0.1) is 13.2 Å². The number of esters is 1. The molecule has 0 spiro atoms. The van der Waals surface area contributed by atoms with Crippen LogP contribution in [-0.2, 0) is 11.3 Å². The molecule has 0 aliphatic carbocycles. The highest BCUT2D eigenvalue weighted by Gasteiger charge is 2.16. The van der Waals surface area contributed by atoms with Gasteiger partial charge in [0.25, 0.3) is 0 Å². The number of alkyl halides is 1. The van der Waals surface area contributed by atoms with Crippen LogP contribution in [0.1, 0.15) is 27.6 Å². The average Bonchev–Trinajstić information content (AvgIpc) is 2.59. The van der Waals surface area contributed by atoms with Crippen molar-refractivity contribution in [2.75, 3.05) is 12.4 Å². The number of hydrogen-bond acceptors (Lipinski definition) is 4. The summed E-state index contributed by atoms with van der Waals surface area (Å²) in [5.41, 5.74) is 1.93. The maximum Gasteiger partial charge on any atom is 0.341 e. The molecule has 0 aromatic heterocycles. The summed E-state index contributed by atoms with van der Waals surface area (Å²) in [4.78, 5) is 11.9. The molecule has 0 saturated carbocycles. The normalized spacial score (nSPS) is 11.8. The number of hydrogen-bond donors (Lipinski definition) is 1. The lowest BCUT2D eigenvalue weighted by Crippen LogP contribution is -2.08. The van der Waals surface area contributed by atoms with E-state index in [1.54, 1.807) is 18.2 Å². The third-order valence-corrected chi connectivity index (χ3v) is 3.79. The Bertz CT molecular complexity index is 628. The lowest BCUT2D eigenvalue weighted by Gasteiger charge is -2.14. The Morgan fingerprint density at radius 2 is 1.95 bits per heavy atom. The van der Waals surface area contributed by atoms with E-state index in [9.17, 15) is 9.90 Å².